The van der Waals surface area contributed by atoms with E-state index in [2.05, 4.69) is 5.32 Å². The van der Waals surface area contributed by atoms with Gasteiger partial charge in [-0.2, -0.15) is 13.2 Å². The Morgan fingerprint density at radius 3 is 2.58 bits per heavy atom. The van der Waals surface area contributed by atoms with Gasteiger partial charge in [0, 0.05) is 12.6 Å². The van der Waals surface area contributed by atoms with Crippen LogP contribution < -0.4 is 5.32 Å². The maximum Gasteiger partial charge on any atom is 0.416 e. The fraction of sp³-hybridized carbons (Fsp3) is 0.217. The molecule has 1 N–H and O–H groups in total. The van der Waals surface area contributed by atoms with Crippen LogP contribution in [0.15, 0.2) is 71.3 Å². The zero-order chi connectivity index (χ0) is 22.2. The number of carbonyl (C=O) groups is 2. The van der Waals surface area contributed by atoms with Gasteiger partial charge in [-0.15, -0.1) is 0 Å². The molecule has 4 rings (SSSR count). The molecule has 5 nitrogen and oxygen atoms in total. The van der Waals surface area contributed by atoms with Gasteiger partial charge >= 0.3 is 6.18 Å². The average molecular weight is 428 g/mol. The van der Waals surface area contributed by atoms with Crippen LogP contribution in [-0.4, -0.2) is 23.8 Å². The van der Waals surface area contributed by atoms with E-state index in [-0.39, 0.29) is 18.0 Å². The molecule has 1 aromatic heterocycles. The minimum absolute atomic E-state index is 0.122. The van der Waals surface area contributed by atoms with Crippen molar-refractivity contribution in [2.24, 2.45) is 0 Å². The number of likely N-dealkylation sites (N-methyl/N-ethyl adjacent to an activating group) is 1. The van der Waals surface area contributed by atoms with E-state index in [9.17, 15) is 22.8 Å². The maximum absolute atomic E-state index is 13.3. The van der Waals surface area contributed by atoms with Crippen molar-refractivity contribution >= 4 is 11.8 Å². The Kier molecular flexibility index (Phi) is 5.31. The van der Waals surface area contributed by atoms with Crippen molar-refractivity contribution < 1.29 is 27.2 Å². The van der Waals surface area contributed by atoms with Gasteiger partial charge in [0.1, 0.15) is 5.76 Å². The number of amides is 2. The second-order valence-electron chi connectivity index (χ2n) is 7.35. The zero-order valence-corrected chi connectivity index (χ0v) is 16.5. The van der Waals surface area contributed by atoms with Crippen LogP contribution in [0.25, 0.3) is 0 Å². The summed E-state index contributed by atoms with van der Waals surface area (Å²) in [6.07, 6.45) is -3.06. The summed E-state index contributed by atoms with van der Waals surface area (Å²) in [5, 5.41) is 2.78. The number of fused-ring (bicyclic) bond motifs is 1. The molecule has 31 heavy (non-hydrogen) atoms. The Bertz CT molecular complexity index is 1110. The van der Waals surface area contributed by atoms with Gasteiger partial charge in [-0.05, 0) is 41.5 Å². The smallest absolute Gasteiger partial charge is 0.416 e. The first-order valence-corrected chi connectivity index (χ1v) is 9.60. The lowest BCUT2D eigenvalue weighted by Gasteiger charge is -2.40. The third-order valence-electron chi connectivity index (χ3n) is 5.43. The van der Waals surface area contributed by atoms with E-state index in [1.54, 1.807) is 36.4 Å². The van der Waals surface area contributed by atoms with Crippen molar-refractivity contribution in [2.75, 3.05) is 7.05 Å². The van der Waals surface area contributed by atoms with Crippen LogP contribution in [0.3, 0.4) is 0 Å². The molecule has 2 unspecified atom stereocenters. The van der Waals surface area contributed by atoms with Crippen LogP contribution >= 0.6 is 0 Å². The van der Waals surface area contributed by atoms with Crippen LogP contribution in [0.5, 0.6) is 0 Å². The number of alkyl halides is 3. The predicted molar refractivity (Wildman–Crippen MR) is 106 cm³/mol. The van der Waals surface area contributed by atoms with E-state index in [4.69, 9.17) is 4.42 Å². The summed E-state index contributed by atoms with van der Waals surface area (Å²) >= 11 is 0. The van der Waals surface area contributed by atoms with Crippen LogP contribution in [-0.2, 0) is 17.5 Å². The number of halogens is 3. The van der Waals surface area contributed by atoms with Gasteiger partial charge in [0.05, 0.1) is 30.3 Å². The minimum Gasteiger partial charge on any atom is -0.467 e. The van der Waals surface area contributed by atoms with E-state index in [0.717, 1.165) is 12.1 Å². The molecule has 0 saturated carbocycles. The highest BCUT2D eigenvalue weighted by Gasteiger charge is 2.43. The fourth-order valence-corrected chi connectivity index (χ4v) is 3.97. The molecule has 1 aliphatic rings. The van der Waals surface area contributed by atoms with Crippen LogP contribution in [0.2, 0.25) is 0 Å². The van der Waals surface area contributed by atoms with E-state index in [0.29, 0.717) is 16.9 Å². The lowest BCUT2D eigenvalue weighted by molar-refractivity contribution is -0.137. The van der Waals surface area contributed by atoms with E-state index < -0.39 is 29.6 Å². The quantitative estimate of drug-likeness (QED) is 0.665. The molecule has 2 aromatic carbocycles. The maximum atomic E-state index is 13.3. The van der Waals surface area contributed by atoms with Gasteiger partial charge in [-0.1, -0.05) is 30.3 Å². The van der Waals surface area contributed by atoms with Crippen molar-refractivity contribution in [1.29, 1.82) is 0 Å². The van der Waals surface area contributed by atoms with Gasteiger partial charge in [0.15, 0.2) is 0 Å². The second kappa shape index (κ2) is 7.94. The highest BCUT2D eigenvalue weighted by Crippen LogP contribution is 2.43. The number of nitrogens with one attached hydrogen (secondary N) is 1. The first kappa shape index (κ1) is 20.7. The Morgan fingerprint density at radius 1 is 1.10 bits per heavy atom. The lowest BCUT2D eigenvalue weighted by atomic mass is 9.79. The van der Waals surface area contributed by atoms with E-state index in [1.807, 2.05) is 0 Å². The fourth-order valence-electron chi connectivity index (χ4n) is 3.97. The molecular weight excluding hydrogens is 409 g/mol. The molecule has 0 bridgehead atoms. The first-order valence-electron chi connectivity index (χ1n) is 9.60. The number of hydrogen-bond acceptors (Lipinski definition) is 3. The largest absolute Gasteiger partial charge is 0.467 e. The molecule has 8 heteroatoms. The van der Waals surface area contributed by atoms with Crippen molar-refractivity contribution in [3.8, 4) is 0 Å². The Hall–Kier alpha value is -3.55. The molecule has 0 radical (unpaired) electrons. The van der Waals surface area contributed by atoms with Crippen molar-refractivity contribution in [3.05, 3.63) is 94.9 Å². The monoisotopic (exact) mass is 428 g/mol. The number of furan rings is 1. The summed E-state index contributed by atoms with van der Waals surface area (Å²) in [4.78, 5) is 27.5. The van der Waals surface area contributed by atoms with Crippen molar-refractivity contribution in [3.63, 3.8) is 0 Å². The summed E-state index contributed by atoms with van der Waals surface area (Å²) in [6.45, 7) is 0.122. The third kappa shape index (κ3) is 3.93. The first-order chi connectivity index (χ1) is 14.8. The number of nitrogens with zero attached hydrogens (tertiary/aromatic N) is 1. The molecule has 2 atom stereocenters. The summed E-state index contributed by atoms with van der Waals surface area (Å²) in [5.74, 6) is -1.12. The summed E-state index contributed by atoms with van der Waals surface area (Å²) in [5.41, 5.74) is 0.231. The van der Waals surface area contributed by atoms with Crippen LogP contribution in [0.1, 0.15) is 44.8 Å². The molecule has 0 saturated heterocycles. The summed E-state index contributed by atoms with van der Waals surface area (Å²) in [7, 11) is 1.50. The molecule has 160 valence electrons. The summed E-state index contributed by atoms with van der Waals surface area (Å²) in [6, 6.07) is 13.9. The van der Waals surface area contributed by atoms with Crippen LogP contribution in [0.4, 0.5) is 13.2 Å². The standard InChI is InChI=1S/C23H19F3N2O3/c1-28-20(14-6-4-7-15(12-14)23(24,25)26)19(17-9-2-3-10-18(17)22(28)30)21(29)27-13-16-8-5-11-31-16/h2-12,19-20H,13H2,1H3,(H,27,29). The number of carbonyl (C=O) groups excluding carboxylic acids is 2. The predicted octanol–water partition coefficient (Wildman–Crippen LogP) is 4.53. The zero-order valence-electron chi connectivity index (χ0n) is 16.5. The average Bonchev–Trinajstić information content (AvgIpc) is 3.27. The number of benzene rings is 2. The van der Waals surface area contributed by atoms with Crippen LogP contribution in [0, 0.1) is 0 Å². The Balaban J connectivity index is 1.77. The normalized spacial score (nSPS) is 18.6. The molecule has 2 amide bonds. The highest BCUT2D eigenvalue weighted by molar-refractivity contribution is 6.01. The van der Waals surface area contributed by atoms with Crippen molar-refractivity contribution in [1.82, 2.24) is 10.2 Å². The molecular formula is C23H19F3N2O3. The Labute approximate surface area is 176 Å². The number of hydrogen-bond donors (Lipinski definition) is 1. The molecule has 1 aliphatic heterocycles. The molecule has 2 heterocycles. The van der Waals surface area contributed by atoms with Gasteiger partial charge in [0.2, 0.25) is 5.91 Å². The second-order valence-corrected chi connectivity index (χ2v) is 7.35. The van der Waals surface area contributed by atoms with Crippen molar-refractivity contribution in [2.45, 2.75) is 24.7 Å². The molecule has 0 aliphatic carbocycles. The third-order valence-corrected chi connectivity index (χ3v) is 5.43. The lowest BCUT2D eigenvalue weighted by Crippen LogP contribution is -2.45. The van der Waals surface area contributed by atoms with Gasteiger partial charge in [-0.3, -0.25) is 9.59 Å². The van der Waals surface area contributed by atoms with E-state index in [1.165, 1.54) is 30.3 Å². The van der Waals surface area contributed by atoms with Gasteiger partial charge in [-0.25, -0.2) is 0 Å². The van der Waals surface area contributed by atoms with Gasteiger partial charge < -0.3 is 14.6 Å². The summed E-state index contributed by atoms with van der Waals surface area (Å²) < 4.78 is 45.2. The molecule has 0 spiro atoms. The molecule has 3 aromatic rings. The van der Waals surface area contributed by atoms with Gasteiger partial charge in [0.25, 0.3) is 5.91 Å². The minimum atomic E-state index is -4.54. The topological polar surface area (TPSA) is 62.6 Å². The number of rotatable bonds is 4. The highest BCUT2D eigenvalue weighted by atomic mass is 19.4. The Morgan fingerprint density at radius 2 is 1.87 bits per heavy atom. The SMILES string of the molecule is CN1C(=O)c2ccccc2C(C(=O)NCc2ccco2)C1c1cccc(C(F)(F)F)c1. The molecule has 0 fully saturated rings. The van der Waals surface area contributed by atoms with E-state index >= 15 is 0 Å².